The maximum atomic E-state index is 12.5. The molecular weight excluding hydrogens is 296 g/mol. The molecule has 116 valence electrons. The number of rotatable bonds is 7. The van der Waals surface area contributed by atoms with Crippen molar-refractivity contribution in [3.8, 4) is 6.07 Å². The number of ether oxygens (including phenoxy) is 1. The van der Waals surface area contributed by atoms with Crippen LogP contribution in [0, 0.1) is 17.2 Å². The highest BCUT2D eigenvalue weighted by molar-refractivity contribution is 7.89. The summed E-state index contributed by atoms with van der Waals surface area (Å²) in [5, 5.41) is 14.4. The maximum absolute atomic E-state index is 12.5. The Morgan fingerprint density at radius 1 is 1.57 bits per heavy atom. The van der Waals surface area contributed by atoms with Crippen LogP contribution in [0.1, 0.15) is 31.1 Å². The van der Waals surface area contributed by atoms with E-state index in [-0.39, 0.29) is 30.3 Å². The average Bonchev–Trinajstić information content (AvgIpc) is 2.94. The molecule has 1 aromatic rings. The van der Waals surface area contributed by atoms with Gasteiger partial charge in [0.1, 0.15) is 5.56 Å². The lowest BCUT2D eigenvalue weighted by Crippen LogP contribution is -2.35. The molecular formula is C12H18N4O4S. The zero-order valence-corrected chi connectivity index (χ0v) is 13.0. The van der Waals surface area contributed by atoms with Crippen molar-refractivity contribution in [2.75, 3.05) is 19.7 Å². The number of hydrogen-bond donors (Lipinski definition) is 1. The second-order valence-corrected chi connectivity index (χ2v) is 6.19. The van der Waals surface area contributed by atoms with Crippen molar-refractivity contribution in [3.05, 3.63) is 11.8 Å². The molecule has 21 heavy (non-hydrogen) atoms. The van der Waals surface area contributed by atoms with Gasteiger partial charge in [-0.2, -0.15) is 14.7 Å². The van der Waals surface area contributed by atoms with Crippen molar-refractivity contribution in [2.45, 2.75) is 25.8 Å². The van der Waals surface area contributed by atoms with Crippen molar-refractivity contribution in [1.29, 1.82) is 5.26 Å². The van der Waals surface area contributed by atoms with Gasteiger partial charge in [0.15, 0.2) is 5.03 Å². The third-order valence-electron chi connectivity index (χ3n) is 2.75. The zero-order valence-electron chi connectivity index (χ0n) is 12.2. The van der Waals surface area contributed by atoms with Gasteiger partial charge in [-0.05, 0) is 13.8 Å². The molecule has 0 aliphatic heterocycles. The SMILES string of the molecule is CCOC(=O)c1cn[nH]c1S(=O)(=O)N(CC)CC(C)C#N. The van der Waals surface area contributed by atoms with E-state index in [2.05, 4.69) is 10.2 Å². The van der Waals surface area contributed by atoms with Crippen LogP contribution in [0.4, 0.5) is 0 Å². The summed E-state index contributed by atoms with van der Waals surface area (Å²) >= 11 is 0. The van der Waals surface area contributed by atoms with Gasteiger partial charge in [0.2, 0.25) is 0 Å². The summed E-state index contributed by atoms with van der Waals surface area (Å²) in [4.78, 5) is 11.7. The topological polar surface area (TPSA) is 116 Å². The number of hydrogen-bond acceptors (Lipinski definition) is 6. The molecule has 0 aromatic carbocycles. The third-order valence-corrected chi connectivity index (χ3v) is 4.66. The molecule has 1 N–H and O–H groups in total. The minimum atomic E-state index is -3.94. The second-order valence-electron chi connectivity index (χ2n) is 4.32. The van der Waals surface area contributed by atoms with Gasteiger partial charge >= 0.3 is 5.97 Å². The molecule has 0 radical (unpaired) electrons. The Morgan fingerprint density at radius 3 is 2.76 bits per heavy atom. The largest absolute Gasteiger partial charge is 0.462 e. The highest BCUT2D eigenvalue weighted by Crippen LogP contribution is 2.19. The first-order valence-corrected chi connectivity index (χ1v) is 7.92. The van der Waals surface area contributed by atoms with E-state index in [4.69, 9.17) is 10.00 Å². The Labute approximate surface area is 123 Å². The number of aromatic amines is 1. The number of nitrogens with zero attached hydrogens (tertiary/aromatic N) is 3. The molecule has 0 aliphatic rings. The number of carbonyl (C=O) groups is 1. The van der Waals surface area contributed by atoms with E-state index in [0.717, 1.165) is 10.5 Å². The maximum Gasteiger partial charge on any atom is 0.342 e. The fourth-order valence-corrected chi connectivity index (χ4v) is 3.30. The van der Waals surface area contributed by atoms with Crippen LogP contribution in [-0.4, -0.2) is 48.6 Å². The Kier molecular flexibility index (Phi) is 5.87. The molecule has 1 heterocycles. The Balaban J connectivity index is 3.16. The highest BCUT2D eigenvalue weighted by atomic mass is 32.2. The van der Waals surface area contributed by atoms with Crippen LogP contribution in [0.3, 0.4) is 0 Å². The van der Waals surface area contributed by atoms with Gasteiger partial charge in [0, 0.05) is 13.1 Å². The number of nitrogens with one attached hydrogen (secondary N) is 1. The normalized spacial score (nSPS) is 12.9. The molecule has 8 nitrogen and oxygen atoms in total. The molecule has 1 atom stereocenters. The van der Waals surface area contributed by atoms with E-state index in [0.29, 0.717) is 0 Å². The van der Waals surface area contributed by atoms with Crippen LogP contribution in [-0.2, 0) is 14.8 Å². The molecule has 0 amide bonds. The van der Waals surface area contributed by atoms with Crippen molar-refractivity contribution < 1.29 is 17.9 Å². The summed E-state index contributed by atoms with van der Waals surface area (Å²) < 4.78 is 31.0. The van der Waals surface area contributed by atoms with E-state index in [1.807, 2.05) is 6.07 Å². The first-order valence-electron chi connectivity index (χ1n) is 6.48. The number of nitriles is 1. The lowest BCUT2D eigenvalue weighted by atomic mass is 10.2. The molecule has 0 aliphatic carbocycles. The number of H-pyrrole nitrogens is 1. The first kappa shape index (κ1) is 17.1. The lowest BCUT2D eigenvalue weighted by molar-refractivity contribution is 0.0521. The van der Waals surface area contributed by atoms with Gasteiger partial charge in [0.05, 0.1) is 24.8 Å². The summed E-state index contributed by atoms with van der Waals surface area (Å²) in [5.74, 6) is -1.22. The molecule has 9 heteroatoms. The van der Waals surface area contributed by atoms with E-state index in [1.54, 1.807) is 20.8 Å². The Hall–Kier alpha value is -1.92. The first-order chi connectivity index (χ1) is 9.88. The average molecular weight is 314 g/mol. The van der Waals surface area contributed by atoms with Crippen LogP contribution in [0.5, 0.6) is 0 Å². The fraction of sp³-hybridized carbons (Fsp3) is 0.583. The molecule has 1 aromatic heterocycles. The molecule has 0 spiro atoms. The number of sulfonamides is 1. The molecule has 0 saturated carbocycles. The molecule has 0 saturated heterocycles. The predicted molar refractivity (Wildman–Crippen MR) is 73.8 cm³/mol. The summed E-state index contributed by atoms with van der Waals surface area (Å²) in [6, 6.07) is 1.98. The zero-order chi connectivity index (χ0) is 16.0. The fourth-order valence-electron chi connectivity index (χ4n) is 1.70. The minimum Gasteiger partial charge on any atom is -0.462 e. The van der Waals surface area contributed by atoms with Crippen molar-refractivity contribution >= 4 is 16.0 Å². The van der Waals surface area contributed by atoms with Gasteiger partial charge in [-0.15, -0.1) is 0 Å². The quantitative estimate of drug-likeness (QED) is 0.743. The van der Waals surface area contributed by atoms with Gasteiger partial charge < -0.3 is 4.74 Å². The number of aromatic nitrogens is 2. The van der Waals surface area contributed by atoms with Crippen molar-refractivity contribution in [2.24, 2.45) is 5.92 Å². The summed E-state index contributed by atoms with van der Waals surface area (Å²) in [6.07, 6.45) is 1.12. The predicted octanol–water partition coefficient (Wildman–Crippen LogP) is 0.757. The summed E-state index contributed by atoms with van der Waals surface area (Å²) in [7, 11) is -3.94. The van der Waals surface area contributed by atoms with E-state index >= 15 is 0 Å². The van der Waals surface area contributed by atoms with E-state index in [1.165, 1.54) is 0 Å². The van der Waals surface area contributed by atoms with Crippen LogP contribution in [0.15, 0.2) is 11.2 Å². The molecule has 1 unspecified atom stereocenters. The minimum absolute atomic E-state index is 0.0383. The smallest absolute Gasteiger partial charge is 0.342 e. The molecule has 0 fully saturated rings. The van der Waals surface area contributed by atoms with Gasteiger partial charge in [-0.25, -0.2) is 13.2 Å². The van der Waals surface area contributed by atoms with Crippen LogP contribution >= 0.6 is 0 Å². The number of carbonyl (C=O) groups excluding carboxylic acids is 1. The Morgan fingerprint density at radius 2 is 2.24 bits per heavy atom. The van der Waals surface area contributed by atoms with Crippen molar-refractivity contribution in [3.63, 3.8) is 0 Å². The van der Waals surface area contributed by atoms with Crippen molar-refractivity contribution in [1.82, 2.24) is 14.5 Å². The lowest BCUT2D eigenvalue weighted by Gasteiger charge is -2.20. The standard InChI is InChI=1S/C12H18N4O4S/c1-4-16(8-9(3)6-13)21(18,19)11-10(7-14-15-11)12(17)20-5-2/h7,9H,4-5,8H2,1-3H3,(H,14,15). The van der Waals surface area contributed by atoms with Crippen LogP contribution in [0.2, 0.25) is 0 Å². The highest BCUT2D eigenvalue weighted by Gasteiger charge is 2.31. The molecule has 0 bridgehead atoms. The van der Waals surface area contributed by atoms with Crippen LogP contribution < -0.4 is 0 Å². The monoisotopic (exact) mass is 314 g/mol. The molecule has 1 rings (SSSR count). The van der Waals surface area contributed by atoms with Gasteiger partial charge in [0.25, 0.3) is 10.0 Å². The third kappa shape index (κ3) is 3.80. The van der Waals surface area contributed by atoms with E-state index < -0.39 is 21.9 Å². The van der Waals surface area contributed by atoms with Gasteiger partial charge in [-0.1, -0.05) is 6.92 Å². The summed E-state index contributed by atoms with van der Waals surface area (Å²) in [5.41, 5.74) is -0.139. The van der Waals surface area contributed by atoms with Crippen LogP contribution in [0.25, 0.3) is 0 Å². The summed E-state index contributed by atoms with van der Waals surface area (Å²) in [6.45, 7) is 5.25. The van der Waals surface area contributed by atoms with Gasteiger partial charge in [-0.3, -0.25) is 5.10 Å². The van der Waals surface area contributed by atoms with E-state index in [9.17, 15) is 13.2 Å². The Bertz CT molecular complexity index is 632. The second kappa shape index (κ2) is 7.19. The number of esters is 1.